The number of carboxylic acid groups (broad SMARTS) is 1. The van der Waals surface area contributed by atoms with E-state index in [-0.39, 0.29) is 42.7 Å². The third kappa shape index (κ3) is 39.7. The van der Waals surface area contributed by atoms with Gasteiger partial charge in [-0.15, -0.1) is 0 Å². The molecule has 336 valence electrons. The van der Waals surface area contributed by atoms with E-state index in [0.717, 1.165) is 89.9 Å². The van der Waals surface area contributed by atoms with Gasteiger partial charge in [-0.1, -0.05) is 150 Å². The van der Waals surface area contributed by atoms with Crippen molar-refractivity contribution < 1.29 is 38.2 Å². The highest BCUT2D eigenvalue weighted by atomic mass is 16.6. The number of allylic oxidation sites excluding steroid dienone is 14. The van der Waals surface area contributed by atoms with Crippen LogP contribution in [0.4, 0.5) is 0 Å². The van der Waals surface area contributed by atoms with E-state index in [2.05, 4.69) is 98.9 Å². The number of hydrogen-bond acceptors (Lipinski definition) is 6. The van der Waals surface area contributed by atoms with E-state index in [1.165, 1.54) is 44.9 Å². The number of aliphatic carboxylic acids is 1. The van der Waals surface area contributed by atoms with Crippen molar-refractivity contribution in [1.29, 1.82) is 0 Å². The van der Waals surface area contributed by atoms with Crippen molar-refractivity contribution in [2.45, 2.75) is 180 Å². The summed E-state index contributed by atoms with van der Waals surface area (Å²) in [4.78, 5) is 37.0. The summed E-state index contributed by atoms with van der Waals surface area (Å²) in [5.74, 6) is -1.55. The maximum Gasteiger partial charge on any atom is 0.362 e. The molecule has 0 spiro atoms. The van der Waals surface area contributed by atoms with Gasteiger partial charge in [0.15, 0.2) is 12.1 Å². The second kappa shape index (κ2) is 41.3. The highest BCUT2D eigenvalue weighted by Crippen LogP contribution is 2.12. The van der Waals surface area contributed by atoms with Crippen molar-refractivity contribution in [3.63, 3.8) is 0 Å². The minimum atomic E-state index is -0.887. The summed E-state index contributed by atoms with van der Waals surface area (Å²) >= 11 is 0. The molecule has 0 rings (SSSR count). The number of carbonyl (C=O) groups excluding carboxylic acids is 2. The van der Waals surface area contributed by atoms with Crippen LogP contribution < -0.4 is 0 Å². The molecule has 0 saturated heterocycles. The first kappa shape index (κ1) is 55.5. The zero-order chi connectivity index (χ0) is 43.5. The Balaban J connectivity index is 4.45. The van der Waals surface area contributed by atoms with Gasteiger partial charge in [-0.3, -0.25) is 9.59 Å². The first-order valence-corrected chi connectivity index (χ1v) is 23.1. The van der Waals surface area contributed by atoms with Crippen molar-refractivity contribution in [3.8, 4) is 0 Å². The zero-order valence-electron chi connectivity index (χ0n) is 38.2. The standard InChI is InChI=1S/C51H85NO7/c1-6-8-10-12-14-16-18-20-22-24-25-26-28-29-31-33-35-37-39-41-49(53)58-46-47(45-57-44-43-48(51(55)56)52(3,4)5)59-50(54)42-40-38-36-34-32-30-27-23-21-19-17-15-13-11-9-7-2/h8,10,14,16,20,22-23,25-27,29-32,47-48H,6-7,9,11-13,15,17-19,21,24,28,33-46H2,1-5H3/p+1/b10-8+,16-14+,22-20+,26-25+,27-23+,31-29+,32-30+. The molecule has 2 atom stereocenters. The Labute approximate surface area is 361 Å². The second-order valence-corrected chi connectivity index (χ2v) is 16.3. The average molecular weight is 825 g/mol. The lowest BCUT2D eigenvalue weighted by atomic mass is 10.1. The quantitative estimate of drug-likeness (QED) is 0.0216. The largest absolute Gasteiger partial charge is 0.477 e. The van der Waals surface area contributed by atoms with Crippen molar-refractivity contribution in [2.24, 2.45) is 0 Å². The summed E-state index contributed by atoms with van der Waals surface area (Å²) in [5.41, 5.74) is 0. The predicted octanol–water partition coefficient (Wildman–Crippen LogP) is 12.9. The summed E-state index contributed by atoms with van der Waals surface area (Å²) in [7, 11) is 5.50. The van der Waals surface area contributed by atoms with Gasteiger partial charge in [0.05, 0.1) is 34.4 Å². The molecule has 0 bridgehead atoms. The summed E-state index contributed by atoms with van der Waals surface area (Å²) in [6, 6.07) is -0.629. The predicted molar refractivity (Wildman–Crippen MR) is 247 cm³/mol. The highest BCUT2D eigenvalue weighted by Gasteiger charge is 2.31. The lowest BCUT2D eigenvalue weighted by molar-refractivity contribution is -0.887. The Morgan fingerprint density at radius 2 is 1.00 bits per heavy atom. The first-order valence-electron chi connectivity index (χ1n) is 23.1. The molecular formula is C51H86NO7+. The van der Waals surface area contributed by atoms with Crippen LogP contribution in [0, 0.1) is 0 Å². The van der Waals surface area contributed by atoms with Crippen molar-refractivity contribution in [2.75, 3.05) is 41.0 Å². The Morgan fingerprint density at radius 3 is 1.51 bits per heavy atom. The summed E-state index contributed by atoms with van der Waals surface area (Å²) in [6.45, 7) is 4.54. The van der Waals surface area contributed by atoms with Gasteiger partial charge >= 0.3 is 17.9 Å². The molecule has 0 aliphatic heterocycles. The van der Waals surface area contributed by atoms with Gasteiger partial charge in [-0.2, -0.15) is 0 Å². The molecule has 0 aliphatic carbocycles. The normalized spacial score (nSPS) is 13.7. The minimum Gasteiger partial charge on any atom is -0.477 e. The summed E-state index contributed by atoms with van der Waals surface area (Å²) in [6.07, 6.45) is 53.4. The number of rotatable bonds is 40. The summed E-state index contributed by atoms with van der Waals surface area (Å²) in [5, 5.41) is 9.63. The van der Waals surface area contributed by atoms with Gasteiger partial charge in [0.25, 0.3) is 0 Å². The molecule has 0 saturated carbocycles. The summed E-state index contributed by atoms with van der Waals surface area (Å²) < 4.78 is 17.2. The van der Waals surface area contributed by atoms with Crippen LogP contribution in [0.5, 0.6) is 0 Å². The minimum absolute atomic E-state index is 0.0347. The van der Waals surface area contributed by atoms with Crippen LogP contribution in [-0.2, 0) is 28.6 Å². The smallest absolute Gasteiger partial charge is 0.362 e. The van der Waals surface area contributed by atoms with Crippen LogP contribution in [0.1, 0.15) is 168 Å². The number of esters is 2. The topological polar surface area (TPSA) is 99.1 Å². The monoisotopic (exact) mass is 825 g/mol. The van der Waals surface area contributed by atoms with E-state index in [4.69, 9.17) is 14.2 Å². The van der Waals surface area contributed by atoms with E-state index < -0.39 is 18.1 Å². The van der Waals surface area contributed by atoms with Crippen LogP contribution in [0.15, 0.2) is 85.1 Å². The van der Waals surface area contributed by atoms with E-state index in [9.17, 15) is 19.5 Å². The Hall–Kier alpha value is -3.49. The Morgan fingerprint density at radius 1 is 0.542 bits per heavy atom. The average Bonchev–Trinajstić information content (AvgIpc) is 3.19. The number of nitrogens with zero attached hydrogens (tertiary/aromatic N) is 1. The molecule has 0 radical (unpaired) electrons. The molecule has 0 aromatic carbocycles. The van der Waals surface area contributed by atoms with Crippen molar-refractivity contribution in [3.05, 3.63) is 85.1 Å². The fourth-order valence-corrected chi connectivity index (χ4v) is 6.22. The molecule has 0 aromatic rings. The van der Waals surface area contributed by atoms with Crippen LogP contribution in [0.25, 0.3) is 0 Å². The van der Waals surface area contributed by atoms with Crippen LogP contribution in [0.3, 0.4) is 0 Å². The van der Waals surface area contributed by atoms with E-state index >= 15 is 0 Å². The van der Waals surface area contributed by atoms with Gasteiger partial charge in [0.2, 0.25) is 0 Å². The maximum atomic E-state index is 12.7. The lowest BCUT2D eigenvalue weighted by Gasteiger charge is -2.31. The number of quaternary nitrogens is 1. The van der Waals surface area contributed by atoms with Crippen molar-refractivity contribution in [1.82, 2.24) is 0 Å². The van der Waals surface area contributed by atoms with E-state index in [0.29, 0.717) is 12.8 Å². The zero-order valence-corrected chi connectivity index (χ0v) is 38.2. The van der Waals surface area contributed by atoms with Gasteiger partial charge < -0.3 is 23.8 Å². The number of carbonyl (C=O) groups is 3. The third-order valence-electron chi connectivity index (χ3n) is 9.81. The van der Waals surface area contributed by atoms with Crippen LogP contribution >= 0.6 is 0 Å². The second-order valence-electron chi connectivity index (χ2n) is 16.3. The van der Waals surface area contributed by atoms with Crippen LogP contribution in [-0.4, -0.2) is 80.6 Å². The van der Waals surface area contributed by atoms with Crippen molar-refractivity contribution >= 4 is 17.9 Å². The fraction of sp³-hybridized carbons (Fsp3) is 0.667. The Kier molecular flexibility index (Phi) is 38.8. The van der Waals surface area contributed by atoms with E-state index in [1.807, 2.05) is 21.1 Å². The highest BCUT2D eigenvalue weighted by molar-refractivity contribution is 5.72. The lowest BCUT2D eigenvalue weighted by Crippen LogP contribution is -2.50. The number of hydrogen-bond donors (Lipinski definition) is 1. The molecule has 1 N–H and O–H groups in total. The molecule has 0 aromatic heterocycles. The third-order valence-corrected chi connectivity index (χ3v) is 9.81. The van der Waals surface area contributed by atoms with Gasteiger partial charge in [-0.25, -0.2) is 4.79 Å². The molecule has 0 aliphatic rings. The first-order chi connectivity index (χ1) is 28.6. The molecular weight excluding hydrogens is 739 g/mol. The van der Waals surface area contributed by atoms with Gasteiger partial charge in [0, 0.05) is 19.3 Å². The molecule has 2 unspecified atom stereocenters. The maximum absolute atomic E-state index is 12.7. The number of carboxylic acids is 1. The van der Waals surface area contributed by atoms with E-state index in [1.54, 1.807) is 0 Å². The molecule has 0 heterocycles. The molecule has 59 heavy (non-hydrogen) atoms. The van der Waals surface area contributed by atoms with Crippen LogP contribution in [0.2, 0.25) is 0 Å². The molecule has 8 nitrogen and oxygen atoms in total. The number of ether oxygens (including phenoxy) is 3. The SMILES string of the molecule is CC/C=C/C/C=C/C/C=C/C/C=C/C/C=C/CCCCCC(=O)OCC(COCCC(C(=O)O)[N+](C)(C)C)OC(=O)CCCCC/C=C/C=C/CCCCCCCCC. The fourth-order valence-electron chi connectivity index (χ4n) is 6.22. The molecule has 0 amide bonds. The number of likely N-dealkylation sites (N-methyl/N-ethyl adjacent to an activating group) is 1. The Bertz CT molecular complexity index is 1240. The molecule has 8 heteroatoms. The number of unbranched alkanes of at least 4 members (excludes halogenated alkanes) is 13. The van der Waals surface area contributed by atoms with Gasteiger partial charge in [0.1, 0.15) is 6.61 Å². The molecule has 0 fully saturated rings. The van der Waals surface area contributed by atoms with Gasteiger partial charge in [-0.05, 0) is 83.5 Å².